The predicted molar refractivity (Wildman–Crippen MR) is 194 cm³/mol. The molecule has 0 amide bonds. The molecule has 0 bridgehead atoms. The molecule has 0 N–H and O–H groups in total. The second-order valence-corrected chi connectivity index (χ2v) is 14.9. The third-order valence-electron chi connectivity index (χ3n) is 9.24. The van der Waals surface area contributed by atoms with E-state index in [0.29, 0.717) is 12.8 Å². The number of aliphatic carboxylic acids is 1. The topological polar surface area (TPSA) is 102 Å². The summed E-state index contributed by atoms with van der Waals surface area (Å²) >= 11 is 0. The third kappa shape index (κ3) is 30.4. The van der Waals surface area contributed by atoms with Crippen molar-refractivity contribution in [3.05, 3.63) is 0 Å². The van der Waals surface area contributed by atoms with Crippen LogP contribution in [0.25, 0.3) is 0 Å². The largest absolute Gasteiger partial charge is 0.544 e. The molecular formula is C40H77NO7. The lowest BCUT2D eigenvalue weighted by molar-refractivity contribution is -0.889. The number of carboxylic acids is 1. The van der Waals surface area contributed by atoms with Gasteiger partial charge in [-0.25, -0.2) is 0 Å². The number of likely N-dealkylation sites (N-methyl/N-ethyl adjacent to an activating group) is 1. The average molecular weight is 684 g/mol. The second kappa shape index (κ2) is 32.5. The van der Waals surface area contributed by atoms with Crippen molar-refractivity contribution in [2.24, 2.45) is 0 Å². The Hall–Kier alpha value is -1.67. The summed E-state index contributed by atoms with van der Waals surface area (Å²) in [4.78, 5) is 36.6. The summed E-state index contributed by atoms with van der Waals surface area (Å²) in [6.45, 7) is 4.65. The van der Waals surface area contributed by atoms with E-state index in [-0.39, 0.29) is 42.7 Å². The minimum atomic E-state index is -1.12. The Bertz CT molecular complexity index is 767. The zero-order valence-electron chi connectivity index (χ0n) is 32.2. The van der Waals surface area contributed by atoms with Crippen molar-refractivity contribution < 1.29 is 38.2 Å². The molecule has 0 heterocycles. The fourth-order valence-electron chi connectivity index (χ4n) is 6.07. The number of unbranched alkanes of at least 4 members (excludes halogenated alkanes) is 22. The molecular weight excluding hydrogens is 606 g/mol. The lowest BCUT2D eigenvalue weighted by Crippen LogP contribution is -2.55. The number of carboxylic acid groups (broad SMARTS) is 1. The van der Waals surface area contributed by atoms with Crippen molar-refractivity contribution in [2.45, 2.75) is 199 Å². The highest BCUT2D eigenvalue weighted by molar-refractivity contribution is 5.70. The van der Waals surface area contributed by atoms with Gasteiger partial charge in [0.1, 0.15) is 12.6 Å². The molecule has 284 valence electrons. The quantitative estimate of drug-likeness (QED) is 0.0369. The van der Waals surface area contributed by atoms with E-state index in [9.17, 15) is 19.5 Å². The summed E-state index contributed by atoms with van der Waals surface area (Å²) in [6.07, 6.45) is 29.8. The van der Waals surface area contributed by atoms with E-state index in [0.717, 1.165) is 38.5 Å². The first-order chi connectivity index (χ1) is 23.1. The van der Waals surface area contributed by atoms with Gasteiger partial charge in [-0.1, -0.05) is 155 Å². The van der Waals surface area contributed by atoms with Crippen molar-refractivity contribution in [1.29, 1.82) is 0 Å². The lowest BCUT2D eigenvalue weighted by atomic mass is 10.0. The predicted octanol–water partition coefficient (Wildman–Crippen LogP) is 8.86. The molecule has 0 saturated carbocycles. The van der Waals surface area contributed by atoms with Gasteiger partial charge in [-0.2, -0.15) is 0 Å². The molecule has 0 aromatic rings. The molecule has 0 aliphatic heterocycles. The Morgan fingerprint density at radius 1 is 0.542 bits per heavy atom. The van der Waals surface area contributed by atoms with E-state index in [2.05, 4.69) is 13.8 Å². The minimum Gasteiger partial charge on any atom is -0.544 e. The standard InChI is InChI=1S/C40H77NO7/c1-6-8-10-12-14-16-17-18-19-20-21-22-23-25-27-29-31-39(43)48-36(34-46-33-32-37(40(44)45)41(3,4)5)35-47-38(42)30-28-26-24-15-13-11-9-7-2/h36-37H,6-35H2,1-5H3. The first kappa shape index (κ1) is 46.3. The zero-order chi connectivity index (χ0) is 35.7. The zero-order valence-corrected chi connectivity index (χ0v) is 32.2. The molecule has 2 atom stereocenters. The fraction of sp³-hybridized carbons (Fsp3) is 0.925. The van der Waals surface area contributed by atoms with Crippen LogP contribution in [0.4, 0.5) is 0 Å². The van der Waals surface area contributed by atoms with Crippen LogP contribution in [0, 0.1) is 0 Å². The van der Waals surface area contributed by atoms with Crippen LogP contribution in [0.2, 0.25) is 0 Å². The number of hydrogen-bond acceptors (Lipinski definition) is 7. The van der Waals surface area contributed by atoms with Crippen LogP contribution in [0.1, 0.15) is 187 Å². The number of carbonyl (C=O) groups is 3. The molecule has 0 aromatic carbocycles. The van der Waals surface area contributed by atoms with Gasteiger partial charge in [0, 0.05) is 19.3 Å². The molecule has 0 aliphatic rings. The van der Waals surface area contributed by atoms with Crippen molar-refractivity contribution in [1.82, 2.24) is 0 Å². The van der Waals surface area contributed by atoms with Crippen LogP contribution in [0.5, 0.6) is 0 Å². The van der Waals surface area contributed by atoms with Crippen LogP contribution < -0.4 is 5.11 Å². The van der Waals surface area contributed by atoms with Crippen LogP contribution in [-0.4, -0.2) is 75.5 Å². The molecule has 0 fully saturated rings. The molecule has 48 heavy (non-hydrogen) atoms. The van der Waals surface area contributed by atoms with Gasteiger partial charge in [0.05, 0.1) is 40.3 Å². The molecule has 8 nitrogen and oxygen atoms in total. The summed E-state index contributed by atoms with van der Waals surface area (Å²) in [6, 6.07) is -0.717. The summed E-state index contributed by atoms with van der Waals surface area (Å²) in [5, 5.41) is 11.6. The van der Waals surface area contributed by atoms with Crippen LogP contribution in [0.3, 0.4) is 0 Å². The van der Waals surface area contributed by atoms with E-state index in [1.165, 1.54) is 116 Å². The summed E-state index contributed by atoms with van der Waals surface area (Å²) in [5.74, 6) is -1.73. The monoisotopic (exact) mass is 684 g/mol. The smallest absolute Gasteiger partial charge is 0.306 e. The first-order valence-corrected chi connectivity index (χ1v) is 20.1. The van der Waals surface area contributed by atoms with Crippen LogP contribution >= 0.6 is 0 Å². The summed E-state index contributed by atoms with van der Waals surface area (Å²) < 4.78 is 17.1. The number of rotatable bonds is 36. The summed E-state index contributed by atoms with van der Waals surface area (Å²) in [5.41, 5.74) is 0. The van der Waals surface area contributed by atoms with E-state index in [4.69, 9.17) is 14.2 Å². The minimum absolute atomic E-state index is 0.0483. The number of nitrogens with zero attached hydrogens (tertiary/aromatic N) is 1. The van der Waals surface area contributed by atoms with Crippen molar-refractivity contribution in [3.63, 3.8) is 0 Å². The maximum Gasteiger partial charge on any atom is 0.306 e. The third-order valence-corrected chi connectivity index (χ3v) is 9.24. The van der Waals surface area contributed by atoms with Gasteiger partial charge < -0.3 is 28.6 Å². The van der Waals surface area contributed by atoms with Crippen LogP contribution in [-0.2, 0) is 28.6 Å². The number of carbonyl (C=O) groups excluding carboxylic acids is 3. The summed E-state index contributed by atoms with van der Waals surface area (Å²) in [7, 11) is 5.40. The molecule has 0 aromatic heterocycles. The van der Waals surface area contributed by atoms with Gasteiger partial charge in [0.25, 0.3) is 0 Å². The Kier molecular flexibility index (Phi) is 31.4. The van der Waals surface area contributed by atoms with Crippen molar-refractivity contribution in [3.8, 4) is 0 Å². The highest BCUT2D eigenvalue weighted by Crippen LogP contribution is 2.15. The number of ether oxygens (including phenoxy) is 3. The van der Waals surface area contributed by atoms with Gasteiger partial charge in [0.15, 0.2) is 6.10 Å². The Balaban J connectivity index is 4.30. The second-order valence-electron chi connectivity index (χ2n) is 14.9. The van der Waals surface area contributed by atoms with E-state index in [1.54, 1.807) is 21.1 Å². The van der Waals surface area contributed by atoms with Gasteiger partial charge in [0.2, 0.25) is 0 Å². The molecule has 0 spiro atoms. The van der Waals surface area contributed by atoms with E-state index in [1.807, 2.05) is 0 Å². The highest BCUT2D eigenvalue weighted by Gasteiger charge is 2.25. The maximum absolute atomic E-state index is 12.6. The number of quaternary nitrogens is 1. The molecule has 0 rings (SSSR count). The van der Waals surface area contributed by atoms with Crippen molar-refractivity contribution in [2.75, 3.05) is 41.0 Å². The van der Waals surface area contributed by atoms with E-state index < -0.39 is 18.1 Å². The van der Waals surface area contributed by atoms with E-state index >= 15 is 0 Å². The number of esters is 2. The Labute approximate surface area is 296 Å². The van der Waals surface area contributed by atoms with Gasteiger partial charge in [-0.3, -0.25) is 9.59 Å². The van der Waals surface area contributed by atoms with Gasteiger partial charge >= 0.3 is 11.9 Å². The van der Waals surface area contributed by atoms with Crippen LogP contribution in [0.15, 0.2) is 0 Å². The highest BCUT2D eigenvalue weighted by atomic mass is 16.6. The SMILES string of the molecule is CCCCCCCCCCCCCCCCCCC(=O)OC(COCCC(C(=O)[O-])[N+](C)(C)C)COC(=O)CCCCCCCCCC. The maximum atomic E-state index is 12.6. The average Bonchev–Trinajstić information content (AvgIpc) is 3.03. The van der Waals surface area contributed by atoms with Crippen molar-refractivity contribution >= 4 is 17.9 Å². The first-order valence-electron chi connectivity index (χ1n) is 20.1. The molecule has 2 unspecified atom stereocenters. The number of hydrogen-bond donors (Lipinski definition) is 0. The molecule has 0 saturated heterocycles. The molecule has 0 aliphatic carbocycles. The lowest BCUT2D eigenvalue weighted by Gasteiger charge is -2.34. The fourth-order valence-corrected chi connectivity index (χ4v) is 6.07. The normalized spacial score (nSPS) is 12.9. The Morgan fingerprint density at radius 3 is 1.29 bits per heavy atom. The molecule has 0 radical (unpaired) electrons. The van der Waals surface area contributed by atoms with Gasteiger partial charge in [-0.05, 0) is 12.8 Å². The molecule has 8 heteroatoms. The van der Waals surface area contributed by atoms with Gasteiger partial charge in [-0.15, -0.1) is 0 Å². The Morgan fingerprint density at radius 2 is 0.917 bits per heavy atom.